The molecule has 152 valence electrons. The average Bonchev–Trinajstić information content (AvgIpc) is 3.28. The minimum Gasteiger partial charge on any atom is -0.356 e. The number of hydrogen-bond acceptors (Lipinski definition) is 3. The van der Waals surface area contributed by atoms with Crippen LogP contribution in [0.1, 0.15) is 49.8 Å². The van der Waals surface area contributed by atoms with Crippen LogP contribution in [0.15, 0.2) is 51.7 Å². The number of aliphatic imine (C=N–C) groups is 1. The van der Waals surface area contributed by atoms with Crippen LogP contribution in [0, 0.1) is 0 Å². The Bertz CT molecular complexity index is 791. The molecule has 0 aliphatic heterocycles. The molecule has 2 aromatic rings. The summed E-state index contributed by atoms with van der Waals surface area (Å²) in [5, 5.41) is 9.19. The number of aryl methyl sites for hydroxylation is 1. The molecule has 1 aliphatic rings. The van der Waals surface area contributed by atoms with Crippen molar-refractivity contribution < 1.29 is 0 Å². The van der Waals surface area contributed by atoms with Gasteiger partial charge in [-0.15, -0.1) is 11.3 Å². The first kappa shape index (κ1) is 20.6. The molecule has 2 aromatic heterocycles. The summed E-state index contributed by atoms with van der Waals surface area (Å²) in [5.74, 6) is 0.874. The van der Waals surface area contributed by atoms with Gasteiger partial charge in [0.2, 0.25) is 5.56 Å². The maximum atomic E-state index is 11.7. The fourth-order valence-electron chi connectivity index (χ4n) is 4.05. The van der Waals surface area contributed by atoms with Crippen molar-refractivity contribution in [2.75, 3.05) is 20.1 Å². The van der Waals surface area contributed by atoms with Crippen LogP contribution in [0.25, 0.3) is 0 Å². The minimum atomic E-state index is 0.0688. The van der Waals surface area contributed by atoms with Gasteiger partial charge in [0, 0.05) is 49.2 Å². The van der Waals surface area contributed by atoms with Gasteiger partial charge in [0.1, 0.15) is 0 Å². The molecule has 0 atom stereocenters. The van der Waals surface area contributed by atoms with Crippen LogP contribution in [-0.4, -0.2) is 30.7 Å². The Labute approximate surface area is 171 Å². The molecule has 0 spiro atoms. The van der Waals surface area contributed by atoms with Crippen molar-refractivity contribution in [1.82, 2.24) is 15.2 Å². The number of rotatable bonds is 8. The maximum Gasteiger partial charge on any atom is 0.250 e. The fourth-order valence-corrected chi connectivity index (χ4v) is 5.04. The van der Waals surface area contributed by atoms with Gasteiger partial charge in [-0.3, -0.25) is 9.79 Å². The number of thiophene rings is 1. The predicted octanol–water partition coefficient (Wildman–Crippen LogP) is 3.76. The first-order chi connectivity index (χ1) is 13.7. The smallest absolute Gasteiger partial charge is 0.250 e. The second kappa shape index (κ2) is 10.5. The molecule has 0 radical (unpaired) electrons. The highest BCUT2D eigenvalue weighted by molar-refractivity contribution is 7.10. The number of unbranched alkanes of at least 4 members (excludes halogenated alkanes) is 1. The van der Waals surface area contributed by atoms with Gasteiger partial charge in [-0.05, 0) is 43.2 Å². The van der Waals surface area contributed by atoms with Gasteiger partial charge in [0.05, 0.1) is 0 Å². The zero-order valence-corrected chi connectivity index (χ0v) is 17.6. The highest BCUT2D eigenvalue weighted by Crippen LogP contribution is 2.41. The lowest BCUT2D eigenvalue weighted by Gasteiger charge is -2.37. The lowest BCUT2D eigenvalue weighted by atomic mass is 9.73. The van der Waals surface area contributed by atoms with E-state index in [1.54, 1.807) is 16.7 Å². The van der Waals surface area contributed by atoms with E-state index in [9.17, 15) is 4.79 Å². The minimum absolute atomic E-state index is 0.0688. The molecule has 6 heteroatoms. The number of nitrogens with one attached hydrogen (secondary N) is 2. The summed E-state index contributed by atoms with van der Waals surface area (Å²) in [7, 11) is 1.83. The summed E-state index contributed by atoms with van der Waals surface area (Å²) >= 11 is 1.88. The Balaban J connectivity index is 1.44. The van der Waals surface area contributed by atoms with E-state index < -0.39 is 0 Å². The zero-order valence-electron chi connectivity index (χ0n) is 16.8. The Morgan fingerprint density at radius 3 is 2.71 bits per heavy atom. The molecular weight excluding hydrogens is 368 g/mol. The van der Waals surface area contributed by atoms with Crippen molar-refractivity contribution in [2.45, 2.75) is 56.9 Å². The quantitative estimate of drug-likeness (QED) is 0.403. The third-order valence-corrected chi connectivity index (χ3v) is 6.81. The summed E-state index contributed by atoms with van der Waals surface area (Å²) in [6, 6.07) is 9.75. The molecule has 2 heterocycles. The van der Waals surface area contributed by atoms with Crippen LogP contribution in [0.5, 0.6) is 0 Å². The van der Waals surface area contributed by atoms with Crippen LogP contribution < -0.4 is 16.2 Å². The number of pyridine rings is 1. The monoisotopic (exact) mass is 400 g/mol. The predicted molar refractivity (Wildman–Crippen MR) is 118 cm³/mol. The molecule has 28 heavy (non-hydrogen) atoms. The van der Waals surface area contributed by atoms with E-state index in [4.69, 9.17) is 0 Å². The van der Waals surface area contributed by atoms with Crippen LogP contribution in [-0.2, 0) is 12.0 Å². The van der Waals surface area contributed by atoms with Crippen LogP contribution in [0.4, 0.5) is 0 Å². The molecule has 0 saturated heterocycles. The SMILES string of the molecule is CN=C(NCCCCn1ccccc1=O)NCC1(c2cccs2)CCCCC1. The van der Waals surface area contributed by atoms with Gasteiger partial charge in [-0.2, -0.15) is 0 Å². The van der Waals surface area contributed by atoms with E-state index in [1.165, 1.54) is 37.0 Å². The van der Waals surface area contributed by atoms with E-state index in [1.807, 2.05) is 30.6 Å². The lowest BCUT2D eigenvalue weighted by molar-refractivity contribution is 0.296. The Hall–Kier alpha value is -2.08. The normalized spacial score (nSPS) is 16.7. The topological polar surface area (TPSA) is 58.4 Å². The molecule has 0 aromatic carbocycles. The van der Waals surface area contributed by atoms with Crippen molar-refractivity contribution in [1.29, 1.82) is 0 Å². The maximum absolute atomic E-state index is 11.7. The molecule has 0 bridgehead atoms. The largest absolute Gasteiger partial charge is 0.356 e. The second-order valence-electron chi connectivity index (χ2n) is 7.61. The summed E-state index contributed by atoms with van der Waals surface area (Å²) in [5.41, 5.74) is 0.317. The highest BCUT2D eigenvalue weighted by Gasteiger charge is 2.34. The standard InChI is InChI=1S/C22H32N4OS/c1-23-21(24-14-6-8-16-26-15-7-3-11-20(26)27)25-18-22(12-4-2-5-13-22)19-10-9-17-28-19/h3,7,9-11,15,17H,2,4-6,8,12-14,16,18H2,1H3,(H2,23,24,25). The lowest BCUT2D eigenvalue weighted by Crippen LogP contribution is -2.46. The Morgan fingerprint density at radius 2 is 2.00 bits per heavy atom. The van der Waals surface area contributed by atoms with Crippen molar-refractivity contribution in [3.8, 4) is 0 Å². The first-order valence-corrected chi connectivity index (χ1v) is 11.3. The van der Waals surface area contributed by atoms with Crippen molar-refractivity contribution in [3.63, 3.8) is 0 Å². The van der Waals surface area contributed by atoms with Crippen LogP contribution in [0.2, 0.25) is 0 Å². The van der Waals surface area contributed by atoms with Gasteiger partial charge >= 0.3 is 0 Å². The average molecular weight is 401 g/mol. The summed E-state index contributed by atoms with van der Waals surface area (Å²) in [4.78, 5) is 17.6. The number of guanidine groups is 1. The van der Waals surface area contributed by atoms with Gasteiger partial charge in [0.25, 0.3) is 0 Å². The number of hydrogen-bond donors (Lipinski definition) is 2. The van der Waals surface area contributed by atoms with Crippen LogP contribution >= 0.6 is 11.3 Å². The third-order valence-electron chi connectivity index (χ3n) is 5.69. The van der Waals surface area contributed by atoms with Gasteiger partial charge < -0.3 is 15.2 Å². The summed E-state index contributed by atoms with van der Waals surface area (Å²) in [6.45, 7) is 2.55. The van der Waals surface area contributed by atoms with E-state index in [-0.39, 0.29) is 11.0 Å². The third kappa shape index (κ3) is 5.47. The molecule has 1 aliphatic carbocycles. The van der Waals surface area contributed by atoms with E-state index in [0.717, 1.165) is 38.4 Å². The Kier molecular flexibility index (Phi) is 7.71. The van der Waals surface area contributed by atoms with Crippen molar-refractivity contribution in [3.05, 3.63) is 57.1 Å². The van der Waals surface area contributed by atoms with Gasteiger partial charge in [0.15, 0.2) is 5.96 Å². The van der Waals surface area contributed by atoms with Crippen molar-refractivity contribution >= 4 is 17.3 Å². The zero-order chi connectivity index (χ0) is 19.7. The van der Waals surface area contributed by atoms with E-state index in [2.05, 4.69) is 33.1 Å². The Morgan fingerprint density at radius 1 is 1.14 bits per heavy atom. The van der Waals surface area contributed by atoms with Crippen molar-refractivity contribution in [2.24, 2.45) is 4.99 Å². The highest BCUT2D eigenvalue weighted by atomic mass is 32.1. The molecule has 2 N–H and O–H groups in total. The number of aromatic nitrogens is 1. The summed E-state index contributed by atoms with van der Waals surface area (Å²) < 4.78 is 1.76. The van der Waals surface area contributed by atoms with E-state index in [0.29, 0.717) is 0 Å². The molecular formula is C22H32N4OS. The molecule has 1 saturated carbocycles. The van der Waals surface area contributed by atoms with E-state index >= 15 is 0 Å². The molecule has 0 unspecified atom stereocenters. The molecule has 5 nitrogen and oxygen atoms in total. The molecule has 0 amide bonds. The molecule has 1 fully saturated rings. The number of nitrogens with zero attached hydrogens (tertiary/aromatic N) is 2. The van der Waals surface area contributed by atoms with Gasteiger partial charge in [-0.25, -0.2) is 0 Å². The van der Waals surface area contributed by atoms with Crippen LogP contribution in [0.3, 0.4) is 0 Å². The molecule has 3 rings (SSSR count). The van der Waals surface area contributed by atoms with Gasteiger partial charge in [-0.1, -0.05) is 31.4 Å². The first-order valence-electron chi connectivity index (χ1n) is 10.4. The fraction of sp³-hybridized carbons (Fsp3) is 0.545. The summed E-state index contributed by atoms with van der Waals surface area (Å²) in [6.07, 6.45) is 10.3. The second-order valence-corrected chi connectivity index (χ2v) is 8.56.